The zero-order valence-corrected chi connectivity index (χ0v) is 23.1. The molecule has 1 aliphatic heterocycles. The molecule has 5 rings (SSSR count). The normalized spacial score (nSPS) is 15.9. The van der Waals surface area contributed by atoms with Crippen LogP contribution in [0.2, 0.25) is 5.02 Å². The molecule has 1 atom stereocenters. The highest BCUT2D eigenvalue weighted by molar-refractivity contribution is 6.30. The molecule has 3 heterocycles. The van der Waals surface area contributed by atoms with Crippen LogP contribution in [-0.2, 0) is 5.54 Å². The number of nitrogens with one attached hydrogen (secondary N) is 1. The second kappa shape index (κ2) is 9.58. The molecule has 0 radical (unpaired) electrons. The van der Waals surface area contributed by atoms with Crippen LogP contribution in [-0.4, -0.2) is 56.3 Å². The second-order valence-electron chi connectivity index (χ2n) is 11.0. The van der Waals surface area contributed by atoms with Gasteiger partial charge in [0, 0.05) is 42.5 Å². The van der Waals surface area contributed by atoms with E-state index in [-0.39, 0.29) is 17.1 Å². The topological polar surface area (TPSA) is 82.9 Å². The summed E-state index contributed by atoms with van der Waals surface area (Å²) in [5.41, 5.74) is 5.67. The van der Waals surface area contributed by atoms with Crippen LogP contribution < -0.4 is 10.5 Å². The summed E-state index contributed by atoms with van der Waals surface area (Å²) in [6.07, 6.45) is 0. The fourth-order valence-corrected chi connectivity index (χ4v) is 5.40. The smallest absolute Gasteiger partial charge is 0.253 e. The molecule has 194 valence electrons. The molecule has 2 aromatic heterocycles. The number of H-pyrrole nitrogens is 1. The van der Waals surface area contributed by atoms with Gasteiger partial charge in [-0.25, -0.2) is 4.68 Å². The third kappa shape index (κ3) is 4.76. The predicted octanol–water partition coefficient (Wildman–Crippen LogP) is 4.76. The monoisotopic (exact) mass is 519 g/mol. The highest BCUT2D eigenvalue weighted by Gasteiger charge is 2.35. The number of hydrogen-bond acceptors (Lipinski definition) is 6. The van der Waals surface area contributed by atoms with Gasteiger partial charge in [0.15, 0.2) is 5.82 Å². The molecule has 1 fully saturated rings. The largest absolute Gasteiger partial charge is 0.369 e. The molecule has 8 nitrogen and oxygen atoms in total. The van der Waals surface area contributed by atoms with Crippen molar-refractivity contribution in [3.63, 3.8) is 0 Å². The number of aromatic nitrogens is 5. The van der Waals surface area contributed by atoms with Crippen LogP contribution in [0.25, 0.3) is 10.9 Å². The van der Waals surface area contributed by atoms with Gasteiger partial charge in [0.05, 0.1) is 11.1 Å². The average Bonchev–Trinajstić information content (AvgIpc) is 3.35. The van der Waals surface area contributed by atoms with Crippen molar-refractivity contribution in [2.24, 2.45) is 0 Å². The lowest BCUT2D eigenvalue weighted by atomic mass is 9.99. The maximum atomic E-state index is 13.6. The number of aryl methyl sites for hydroxylation is 3. The molecule has 0 unspecified atom stereocenters. The lowest BCUT2D eigenvalue weighted by molar-refractivity contribution is 0.190. The number of piperazine rings is 1. The van der Waals surface area contributed by atoms with Crippen molar-refractivity contribution < 1.29 is 0 Å². The van der Waals surface area contributed by atoms with Crippen LogP contribution in [0.4, 0.5) is 5.69 Å². The van der Waals surface area contributed by atoms with Crippen LogP contribution >= 0.6 is 11.6 Å². The van der Waals surface area contributed by atoms with E-state index in [9.17, 15) is 4.79 Å². The summed E-state index contributed by atoms with van der Waals surface area (Å²) in [7, 11) is 0. The van der Waals surface area contributed by atoms with Gasteiger partial charge < -0.3 is 9.88 Å². The SMILES string of the molecule is Cc1ccc(Cl)cc1N1CCN([C@@H](c2cc3ccc(C)c(C)c3[nH]c2=O)c2nnnn2C(C)(C)C)CC1. The van der Waals surface area contributed by atoms with Crippen LogP contribution in [0.15, 0.2) is 41.2 Å². The van der Waals surface area contributed by atoms with Gasteiger partial charge >= 0.3 is 0 Å². The van der Waals surface area contributed by atoms with Crippen LogP contribution in [0, 0.1) is 20.8 Å². The number of nitrogens with zero attached hydrogens (tertiary/aromatic N) is 6. The lowest BCUT2D eigenvalue weighted by Crippen LogP contribution is -2.49. The molecule has 2 aromatic carbocycles. The lowest BCUT2D eigenvalue weighted by Gasteiger charge is -2.40. The maximum Gasteiger partial charge on any atom is 0.253 e. The fourth-order valence-electron chi connectivity index (χ4n) is 5.23. The molecule has 4 aromatic rings. The number of benzene rings is 2. The van der Waals surface area contributed by atoms with Gasteiger partial charge in [-0.15, -0.1) is 5.10 Å². The van der Waals surface area contributed by atoms with E-state index in [2.05, 4.69) is 83.1 Å². The van der Waals surface area contributed by atoms with E-state index in [4.69, 9.17) is 11.6 Å². The zero-order valence-electron chi connectivity index (χ0n) is 22.3. The molecule has 0 saturated carbocycles. The minimum Gasteiger partial charge on any atom is -0.369 e. The highest BCUT2D eigenvalue weighted by Crippen LogP contribution is 2.32. The van der Waals surface area contributed by atoms with Crippen molar-refractivity contribution in [1.29, 1.82) is 0 Å². The molecule has 0 bridgehead atoms. The average molecular weight is 520 g/mol. The Morgan fingerprint density at radius 3 is 2.38 bits per heavy atom. The second-order valence-corrected chi connectivity index (χ2v) is 11.4. The van der Waals surface area contributed by atoms with Crippen molar-refractivity contribution in [3.8, 4) is 0 Å². The van der Waals surface area contributed by atoms with Gasteiger partial charge in [-0.1, -0.05) is 29.8 Å². The van der Waals surface area contributed by atoms with Crippen LogP contribution in [0.1, 0.15) is 54.9 Å². The Bertz CT molecular complexity index is 1510. The summed E-state index contributed by atoms with van der Waals surface area (Å²) in [4.78, 5) is 21.5. The first-order valence-corrected chi connectivity index (χ1v) is 13.1. The minimum absolute atomic E-state index is 0.109. The van der Waals surface area contributed by atoms with E-state index in [1.54, 1.807) is 0 Å². The number of anilines is 1. The molecule has 0 amide bonds. The molecule has 0 spiro atoms. The number of halogens is 1. The van der Waals surface area contributed by atoms with Gasteiger partial charge in [0.2, 0.25) is 0 Å². The van der Waals surface area contributed by atoms with Crippen LogP contribution in [0.3, 0.4) is 0 Å². The number of fused-ring (bicyclic) bond motifs is 1. The molecular formula is C28H34ClN7O. The van der Waals surface area contributed by atoms with Crippen molar-refractivity contribution in [2.45, 2.75) is 53.1 Å². The first kappa shape index (κ1) is 25.4. The van der Waals surface area contributed by atoms with E-state index >= 15 is 0 Å². The summed E-state index contributed by atoms with van der Waals surface area (Å²) in [6.45, 7) is 15.5. The van der Waals surface area contributed by atoms with Gasteiger partial charge in [-0.3, -0.25) is 9.69 Å². The Balaban J connectivity index is 1.57. The highest BCUT2D eigenvalue weighted by atomic mass is 35.5. The van der Waals surface area contributed by atoms with Crippen molar-refractivity contribution in [1.82, 2.24) is 30.1 Å². The first-order valence-electron chi connectivity index (χ1n) is 12.7. The number of aromatic amines is 1. The Hall–Kier alpha value is -3.23. The third-order valence-electron chi connectivity index (χ3n) is 7.44. The molecule has 1 aliphatic rings. The third-order valence-corrected chi connectivity index (χ3v) is 7.67. The Kier molecular flexibility index (Phi) is 6.58. The van der Waals surface area contributed by atoms with Crippen molar-refractivity contribution in [3.05, 3.63) is 79.9 Å². The van der Waals surface area contributed by atoms with Gasteiger partial charge in [0.25, 0.3) is 5.56 Å². The molecule has 1 N–H and O–H groups in total. The number of hydrogen-bond donors (Lipinski definition) is 1. The Labute approximate surface area is 222 Å². The minimum atomic E-state index is -0.383. The zero-order chi connectivity index (χ0) is 26.5. The van der Waals surface area contributed by atoms with E-state index < -0.39 is 0 Å². The van der Waals surface area contributed by atoms with Crippen molar-refractivity contribution >= 4 is 28.2 Å². The maximum absolute atomic E-state index is 13.6. The van der Waals surface area contributed by atoms with E-state index in [0.29, 0.717) is 11.4 Å². The fraction of sp³-hybridized carbons (Fsp3) is 0.429. The summed E-state index contributed by atoms with van der Waals surface area (Å²) in [6, 6.07) is 11.8. The summed E-state index contributed by atoms with van der Waals surface area (Å²) < 4.78 is 1.84. The Morgan fingerprint density at radius 2 is 1.68 bits per heavy atom. The summed E-state index contributed by atoms with van der Waals surface area (Å²) in [5.74, 6) is 0.675. The van der Waals surface area contributed by atoms with E-state index in [1.807, 2.05) is 29.8 Å². The Morgan fingerprint density at radius 1 is 0.973 bits per heavy atom. The standard InChI is InChI=1S/C28H34ClN7O/c1-17-7-9-20-15-22(27(37)30-24(20)19(17)3)25(26-31-32-33-36(26)28(4,5)6)35-13-11-34(12-14-35)23-16-21(29)10-8-18(23)2/h7-10,15-16,25H,11-14H2,1-6H3,(H,30,37)/t25-/m0/s1. The van der Waals surface area contributed by atoms with Gasteiger partial charge in [-0.2, -0.15) is 0 Å². The summed E-state index contributed by atoms with van der Waals surface area (Å²) >= 11 is 6.31. The van der Waals surface area contributed by atoms with Crippen LogP contribution in [0.5, 0.6) is 0 Å². The number of pyridine rings is 1. The molecular weight excluding hydrogens is 486 g/mol. The molecule has 9 heteroatoms. The molecule has 0 aliphatic carbocycles. The van der Waals surface area contributed by atoms with Gasteiger partial charge in [0.1, 0.15) is 6.04 Å². The number of tetrazole rings is 1. The van der Waals surface area contributed by atoms with E-state index in [0.717, 1.165) is 58.9 Å². The first-order chi connectivity index (χ1) is 17.5. The predicted molar refractivity (Wildman–Crippen MR) is 149 cm³/mol. The van der Waals surface area contributed by atoms with Crippen molar-refractivity contribution in [2.75, 3.05) is 31.1 Å². The summed E-state index contributed by atoms with van der Waals surface area (Å²) in [5, 5.41) is 14.6. The van der Waals surface area contributed by atoms with Gasteiger partial charge in [-0.05, 0) is 92.2 Å². The number of rotatable bonds is 4. The molecule has 1 saturated heterocycles. The molecule has 37 heavy (non-hydrogen) atoms. The quantitative estimate of drug-likeness (QED) is 0.418. The van der Waals surface area contributed by atoms with E-state index in [1.165, 1.54) is 5.56 Å².